The second-order valence-corrected chi connectivity index (χ2v) is 5.34. The molecule has 0 aliphatic carbocycles. The summed E-state index contributed by atoms with van der Waals surface area (Å²) in [6.07, 6.45) is 3.34. The van der Waals surface area contributed by atoms with E-state index in [4.69, 9.17) is 4.74 Å². The van der Waals surface area contributed by atoms with E-state index in [2.05, 4.69) is 0 Å². The number of ether oxygens (including phenoxy) is 1. The molecule has 0 amide bonds. The molecule has 0 fully saturated rings. The molecule has 0 bridgehead atoms. The van der Waals surface area contributed by atoms with Crippen LogP contribution in [0, 0.1) is 6.92 Å². The maximum absolute atomic E-state index is 12.4. The Morgan fingerprint density at radius 1 is 1.29 bits per heavy atom. The zero-order valence-electron chi connectivity index (χ0n) is 12.8. The summed E-state index contributed by atoms with van der Waals surface area (Å²) in [5, 5.41) is 0. The largest absolute Gasteiger partial charge is 0.496 e. The lowest BCUT2D eigenvalue weighted by atomic mass is 10.1. The number of aromatic nitrogens is 2. The van der Waals surface area contributed by atoms with Gasteiger partial charge in [-0.3, -0.25) is 13.9 Å². The summed E-state index contributed by atoms with van der Waals surface area (Å²) in [5.74, 6) is 0.395. The highest BCUT2D eigenvalue weighted by Crippen LogP contribution is 2.20. The fourth-order valence-electron chi connectivity index (χ4n) is 2.21. The van der Waals surface area contributed by atoms with Gasteiger partial charge in [0.05, 0.1) is 19.2 Å². The summed E-state index contributed by atoms with van der Waals surface area (Å²) >= 11 is 0. The van der Waals surface area contributed by atoms with Crippen molar-refractivity contribution in [2.45, 2.75) is 33.4 Å². The van der Waals surface area contributed by atoms with Crippen LogP contribution in [0.15, 0.2) is 35.4 Å². The summed E-state index contributed by atoms with van der Waals surface area (Å²) < 4.78 is 8.26. The van der Waals surface area contributed by atoms with Crippen LogP contribution in [0.1, 0.15) is 35.8 Å². The Morgan fingerprint density at radius 3 is 2.57 bits per heavy atom. The molecule has 1 aromatic carbocycles. The summed E-state index contributed by atoms with van der Waals surface area (Å²) in [4.78, 5) is 24.5. The van der Waals surface area contributed by atoms with Gasteiger partial charge in [0.1, 0.15) is 5.75 Å². The molecule has 1 heterocycles. The second-order valence-electron chi connectivity index (χ2n) is 5.34. The van der Waals surface area contributed by atoms with E-state index in [-0.39, 0.29) is 24.1 Å². The number of carbonyl (C=O) groups excluding carboxylic acids is 1. The molecule has 0 aliphatic heterocycles. The number of nitrogens with zero attached hydrogens (tertiary/aromatic N) is 2. The molecule has 0 radical (unpaired) electrons. The van der Waals surface area contributed by atoms with Crippen molar-refractivity contribution in [3.8, 4) is 5.75 Å². The third-order valence-electron chi connectivity index (χ3n) is 3.40. The normalized spacial score (nSPS) is 10.9. The number of benzene rings is 1. The highest BCUT2D eigenvalue weighted by Gasteiger charge is 2.15. The Morgan fingerprint density at radius 2 is 2.00 bits per heavy atom. The molecule has 0 spiro atoms. The Bertz CT molecular complexity index is 711. The van der Waals surface area contributed by atoms with Gasteiger partial charge >= 0.3 is 5.69 Å². The molecule has 1 aromatic heterocycles. The Kier molecular flexibility index (Phi) is 4.31. The zero-order chi connectivity index (χ0) is 15.6. The van der Waals surface area contributed by atoms with Gasteiger partial charge in [-0.25, -0.2) is 4.79 Å². The first-order valence-corrected chi connectivity index (χ1v) is 6.89. The van der Waals surface area contributed by atoms with Crippen molar-refractivity contribution >= 4 is 5.78 Å². The van der Waals surface area contributed by atoms with Crippen LogP contribution in [0.4, 0.5) is 0 Å². The highest BCUT2D eigenvalue weighted by molar-refractivity contribution is 5.98. The number of carbonyl (C=O) groups is 1. The Labute approximate surface area is 123 Å². The van der Waals surface area contributed by atoms with Crippen molar-refractivity contribution < 1.29 is 9.53 Å². The second kappa shape index (κ2) is 5.99. The third kappa shape index (κ3) is 3.07. The molecular weight excluding hydrogens is 268 g/mol. The molecule has 0 saturated heterocycles. The molecule has 0 N–H and O–H groups in total. The molecular formula is C16H20N2O3. The molecule has 5 heteroatoms. The lowest BCUT2D eigenvalue weighted by Gasteiger charge is -2.09. The molecule has 0 atom stereocenters. The topological polar surface area (TPSA) is 53.2 Å². The van der Waals surface area contributed by atoms with Gasteiger partial charge < -0.3 is 4.74 Å². The van der Waals surface area contributed by atoms with Crippen LogP contribution in [-0.4, -0.2) is 22.0 Å². The first kappa shape index (κ1) is 15.1. The first-order valence-electron chi connectivity index (χ1n) is 6.89. The summed E-state index contributed by atoms with van der Waals surface area (Å²) in [6.45, 7) is 5.80. The minimum Gasteiger partial charge on any atom is -0.496 e. The van der Waals surface area contributed by atoms with Gasteiger partial charge in [0.2, 0.25) is 0 Å². The molecule has 2 aromatic rings. The van der Waals surface area contributed by atoms with Crippen molar-refractivity contribution in [1.29, 1.82) is 0 Å². The van der Waals surface area contributed by atoms with Gasteiger partial charge in [-0.05, 0) is 38.5 Å². The highest BCUT2D eigenvalue weighted by atomic mass is 16.5. The fourth-order valence-corrected chi connectivity index (χ4v) is 2.21. The van der Waals surface area contributed by atoms with E-state index in [1.807, 2.05) is 32.9 Å². The molecule has 5 nitrogen and oxygen atoms in total. The molecule has 112 valence electrons. The van der Waals surface area contributed by atoms with Gasteiger partial charge in [0.25, 0.3) is 0 Å². The third-order valence-corrected chi connectivity index (χ3v) is 3.40. The lowest BCUT2D eigenvalue weighted by Crippen LogP contribution is -2.27. The minimum absolute atomic E-state index is 0.0119. The predicted molar refractivity (Wildman–Crippen MR) is 81.1 cm³/mol. The fraction of sp³-hybridized carbons (Fsp3) is 0.375. The monoisotopic (exact) mass is 288 g/mol. The van der Waals surface area contributed by atoms with Crippen LogP contribution in [0.5, 0.6) is 5.75 Å². The van der Waals surface area contributed by atoms with E-state index in [1.165, 1.54) is 11.7 Å². The van der Waals surface area contributed by atoms with Crippen LogP contribution in [0.3, 0.4) is 0 Å². The van der Waals surface area contributed by atoms with Gasteiger partial charge in [0.15, 0.2) is 5.78 Å². The number of imidazole rings is 1. The lowest BCUT2D eigenvalue weighted by molar-refractivity contribution is 0.0967. The van der Waals surface area contributed by atoms with Crippen molar-refractivity contribution in [3.63, 3.8) is 0 Å². The number of hydrogen-bond donors (Lipinski definition) is 0. The summed E-state index contributed by atoms with van der Waals surface area (Å²) in [5.41, 5.74) is 1.34. The smallest absolute Gasteiger partial charge is 0.328 e. The van der Waals surface area contributed by atoms with Crippen LogP contribution in [0.2, 0.25) is 0 Å². The van der Waals surface area contributed by atoms with Gasteiger partial charge in [0, 0.05) is 18.4 Å². The van der Waals surface area contributed by atoms with Crippen LogP contribution < -0.4 is 10.4 Å². The standard InChI is InChI=1S/C16H20N2O3/c1-11(2)18-8-7-17(16(18)20)10-14(19)13-6-5-12(3)9-15(13)21-4/h5-9,11H,10H2,1-4H3. The molecule has 2 rings (SSSR count). The van der Waals surface area contributed by atoms with Crippen molar-refractivity contribution in [2.75, 3.05) is 7.11 Å². The van der Waals surface area contributed by atoms with Gasteiger partial charge in [-0.2, -0.15) is 0 Å². The number of ketones is 1. The average Bonchev–Trinajstić information content (AvgIpc) is 2.80. The molecule has 0 aliphatic rings. The number of rotatable bonds is 5. The van der Waals surface area contributed by atoms with Crippen LogP contribution in [-0.2, 0) is 6.54 Å². The van der Waals surface area contributed by atoms with E-state index in [0.717, 1.165) is 5.56 Å². The van der Waals surface area contributed by atoms with E-state index in [9.17, 15) is 9.59 Å². The minimum atomic E-state index is -0.176. The average molecular weight is 288 g/mol. The number of methoxy groups -OCH3 is 1. The van der Waals surface area contributed by atoms with Crippen LogP contribution >= 0.6 is 0 Å². The summed E-state index contributed by atoms with van der Waals surface area (Å²) in [7, 11) is 1.53. The molecule has 0 saturated carbocycles. The maximum Gasteiger partial charge on any atom is 0.328 e. The Balaban J connectivity index is 2.29. The zero-order valence-corrected chi connectivity index (χ0v) is 12.8. The molecule has 0 unspecified atom stereocenters. The van der Waals surface area contributed by atoms with Crippen molar-refractivity contribution in [1.82, 2.24) is 9.13 Å². The summed E-state index contributed by atoms with van der Waals surface area (Å²) in [6, 6.07) is 5.48. The Hall–Kier alpha value is -2.30. The van der Waals surface area contributed by atoms with Gasteiger partial charge in [-0.15, -0.1) is 0 Å². The quantitative estimate of drug-likeness (QED) is 0.794. The van der Waals surface area contributed by atoms with E-state index in [1.54, 1.807) is 23.0 Å². The number of hydrogen-bond acceptors (Lipinski definition) is 3. The van der Waals surface area contributed by atoms with E-state index in [0.29, 0.717) is 11.3 Å². The first-order chi connectivity index (χ1) is 9.93. The SMILES string of the molecule is COc1cc(C)ccc1C(=O)Cn1ccn(C(C)C)c1=O. The molecule has 21 heavy (non-hydrogen) atoms. The van der Waals surface area contributed by atoms with Crippen molar-refractivity contribution in [2.24, 2.45) is 0 Å². The van der Waals surface area contributed by atoms with E-state index >= 15 is 0 Å². The number of Topliss-reactive ketones (excluding diaryl/α,β-unsaturated/α-hetero) is 1. The van der Waals surface area contributed by atoms with Gasteiger partial charge in [-0.1, -0.05) is 6.07 Å². The van der Waals surface area contributed by atoms with Crippen LogP contribution in [0.25, 0.3) is 0 Å². The predicted octanol–water partition coefficient (Wildman–Crippen LogP) is 2.43. The van der Waals surface area contributed by atoms with E-state index < -0.39 is 0 Å². The maximum atomic E-state index is 12.4. The van der Waals surface area contributed by atoms with Crippen molar-refractivity contribution in [3.05, 3.63) is 52.2 Å². The number of aryl methyl sites for hydroxylation is 1.